The van der Waals surface area contributed by atoms with Crippen LogP contribution in [0.5, 0.6) is 0 Å². The molecular weight excluding hydrogens is 180 g/mol. The van der Waals surface area contributed by atoms with Crippen molar-refractivity contribution < 1.29 is 14.3 Å². The third kappa shape index (κ3) is 1.81. The molecule has 0 N–H and O–H groups in total. The van der Waals surface area contributed by atoms with E-state index in [0.717, 1.165) is 25.7 Å². The van der Waals surface area contributed by atoms with E-state index < -0.39 is 0 Å². The SMILES string of the molecule is COC(=O)C[C@H]1C[C@H]2CC(=O)[C@H](C2)C1. The maximum Gasteiger partial charge on any atom is 0.305 e. The summed E-state index contributed by atoms with van der Waals surface area (Å²) < 4.78 is 4.65. The zero-order chi connectivity index (χ0) is 10.1. The van der Waals surface area contributed by atoms with Crippen LogP contribution < -0.4 is 0 Å². The third-order valence-electron chi connectivity index (χ3n) is 3.53. The second-order valence-corrected chi connectivity index (χ2v) is 4.59. The molecule has 0 saturated heterocycles. The number of hydrogen-bond donors (Lipinski definition) is 0. The number of esters is 1. The van der Waals surface area contributed by atoms with Crippen molar-refractivity contribution in [1.29, 1.82) is 0 Å². The molecule has 78 valence electrons. The topological polar surface area (TPSA) is 43.4 Å². The summed E-state index contributed by atoms with van der Waals surface area (Å²) in [5.74, 6) is 1.48. The van der Waals surface area contributed by atoms with Gasteiger partial charge in [-0.25, -0.2) is 0 Å². The van der Waals surface area contributed by atoms with Crippen LogP contribution in [0.2, 0.25) is 0 Å². The van der Waals surface area contributed by atoms with E-state index in [2.05, 4.69) is 4.74 Å². The summed E-state index contributed by atoms with van der Waals surface area (Å²) in [7, 11) is 1.42. The minimum Gasteiger partial charge on any atom is -0.469 e. The first-order chi connectivity index (χ1) is 6.69. The van der Waals surface area contributed by atoms with Gasteiger partial charge in [-0.2, -0.15) is 0 Å². The molecule has 0 aromatic rings. The number of carbonyl (C=O) groups excluding carboxylic acids is 2. The van der Waals surface area contributed by atoms with E-state index in [1.807, 2.05) is 0 Å². The standard InChI is InChI=1S/C11H16O3/c1-14-11(13)6-8-2-7-3-9(4-8)10(12)5-7/h7-9H,2-6H2,1H3/t7-,8+,9-/m1/s1. The van der Waals surface area contributed by atoms with Crippen molar-refractivity contribution in [2.24, 2.45) is 17.8 Å². The number of ketones is 1. The summed E-state index contributed by atoms with van der Waals surface area (Å²) in [6.07, 6.45) is 4.26. The van der Waals surface area contributed by atoms with Gasteiger partial charge in [-0.05, 0) is 31.1 Å². The molecular formula is C11H16O3. The van der Waals surface area contributed by atoms with Crippen LogP contribution in [-0.2, 0) is 14.3 Å². The Morgan fingerprint density at radius 2 is 2.21 bits per heavy atom. The molecule has 2 fully saturated rings. The highest BCUT2D eigenvalue weighted by molar-refractivity contribution is 5.83. The predicted octanol–water partition coefficient (Wildman–Crippen LogP) is 1.55. The zero-order valence-electron chi connectivity index (χ0n) is 8.49. The number of fused-ring (bicyclic) bond motifs is 2. The number of rotatable bonds is 2. The van der Waals surface area contributed by atoms with Gasteiger partial charge in [-0.1, -0.05) is 0 Å². The van der Waals surface area contributed by atoms with Crippen LogP contribution >= 0.6 is 0 Å². The molecule has 0 aromatic carbocycles. The molecule has 2 saturated carbocycles. The van der Waals surface area contributed by atoms with Gasteiger partial charge >= 0.3 is 5.97 Å². The second-order valence-electron chi connectivity index (χ2n) is 4.59. The highest BCUT2D eigenvalue weighted by Crippen LogP contribution is 2.43. The monoisotopic (exact) mass is 196 g/mol. The third-order valence-corrected chi connectivity index (χ3v) is 3.53. The summed E-state index contributed by atoms with van der Waals surface area (Å²) >= 11 is 0. The summed E-state index contributed by atoms with van der Waals surface area (Å²) in [6, 6.07) is 0. The summed E-state index contributed by atoms with van der Waals surface area (Å²) in [5, 5.41) is 0. The maximum absolute atomic E-state index is 11.4. The molecule has 0 amide bonds. The highest BCUT2D eigenvalue weighted by atomic mass is 16.5. The Labute approximate surface area is 83.8 Å². The van der Waals surface area contributed by atoms with Crippen LogP contribution in [0.4, 0.5) is 0 Å². The van der Waals surface area contributed by atoms with Gasteiger partial charge in [0, 0.05) is 18.8 Å². The fourth-order valence-electron chi connectivity index (χ4n) is 2.93. The zero-order valence-corrected chi connectivity index (χ0v) is 8.49. The van der Waals surface area contributed by atoms with E-state index in [0.29, 0.717) is 24.0 Å². The maximum atomic E-state index is 11.4. The lowest BCUT2D eigenvalue weighted by atomic mass is 9.79. The first kappa shape index (κ1) is 9.69. The fourth-order valence-corrected chi connectivity index (χ4v) is 2.93. The van der Waals surface area contributed by atoms with E-state index in [4.69, 9.17) is 0 Å². The molecule has 0 unspecified atom stereocenters. The van der Waals surface area contributed by atoms with Crippen LogP contribution in [0.1, 0.15) is 32.1 Å². The molecule has 0 heterocycles. The van der Waals surface area contributed by atoms with E-state index in [9.17, 15) is 9.59 Å². The van der Waals surface area contributed by atoms with Gasteiger partial charge in [0.25, 0.3) is 0 Å². The average molecular weight is 196 g/mol. The van der Waals surface area contributed by atoms with Crippen molar-refractivity contribution >= 4 is 11.8 Å². The lowest BCUT2D eigenvalue weighted by molar-refractivity contribution is -0.142. The smallest absolute Gasteiger partial charge is 0.305 e. The van der Waals surface area contributed by atoms with Crippen LogP contribution in [0.3, 0.4) is 0 Å². The van der Waals surface area contributed by atoms with Gasteiger partial charge in [-0.3, -0.25) is 9.59 Å². The van der Waals surface area contributed by atoms with Gasteiger partial charge in [0.05, 0.1) is 7.11 Å². The van der Waals surface area contributed by atoms with Gasteiger partial charge in [-0.15, -0.1) is 0 Å². The lowest BCUT2D eigenvalue weighted by Crippen LogP contribution is -2.20. The van der Waals surface area contributed by atoms with E-state index in [-0.39, 0.29) is 11.9 Å². The number of hydrogen-bond acceptors (Lipinski definition) is 3. The Bertz CT molecular complexity index is 259. The average Bonchev–Trinajstić information content (AvgIpc) is 2.41. The second kappa shape index (κ2) is 3.71. The van der Waals surface area contributed by atoms with Crippen LogP contribution in [0, 0.1) is 17.8 Å². The minimum atomic E-state index is -0.135. The Morgan fingerprint density at radius 1 is 1.43 bits per heavy atom. The molecule has 3 atom stereocenters. The highest BCUT2D eigenvalue weighted by Gasteiger charge is 2.40. The van der Waals surface area contributed by atoms with Crippen molar-refractivity contribution in [3.05, 3.63) is 0 Å². The van der Waals surface area contributed by atoms with Crippen molar-refractivity contribution in [3.8, 4) is 0 Å². The normalized spacial score (nSPS) is 35.8. The molecule has 2 rings (SSSR count). The molecule has 14 heavy (non-hydrogen) atoms. The van der Waals surface area contributed by atoms with Crippen molar-refractivity contribution in [1.82, 2.24) is 0 Å². The van der Waals surface area contributed by atoms with Crippen LogP contribution in [0.15, 0.2) is 0 Å². The number of Topliss-reactive ketones (excluding diaryl/α,β-unsaturated/α-hetero) is 1. The predicted molar refractivity (Wildman–Crippen MR) is 50.6 cm³/mol. The molecule has 3 nitrogen and oxygen atoms in total. The Morgan fingerprint density at radius 3 is 2.86 bits per heavy atom. The van der Waals surface area contributed by atoms with Crippen LogP contribution in [-0.4, -0.2) is 18.9 Å². The largest absolute Gasteiger partial charge is 0.469 e. The van der Waals surface area contributed by atoms with Gasteiger partial charge in [0.2, 0.25) is 0 Å². The van der Waals surface area contributed by atoms with E-state index in [1.165, 1.54) is 7.11 Å². The summed E-state index contributed by atoms with van der Waals surface area (Å²) in [5.41, 5.74) is 0. The molecule has 2 aliphatic rings. The lowest BCUT2D eigenvalue weighted by Gasteiger charge is -2.25. The molecule has 0 spiro atoms. The minimum absolute atomic E-state index is 0.135. The van der Waals surface area contributed by atoms with Crippen molar-refractivity contribution in [2.45, 2.75) is 32.1 Å². The molecule has 2 bridgehead atoms. The van der Waals surface area contributed by atoms with Gasteiger partial charge in [0.15, 0.2) is 0 Å². The molecule has 3 heteroatoms. The van der Waals surface area contributed by atoms with Crippen molar-refractivity contribution in [3.63, 3.8) is 0 Å². The van der Waals surface area contributed by atoms with Gasteiger partial charge < -0.3 is 4.74 Å². The summed E-state index contributed by atoms with van der Waals surface area (Å²) in [4.78, 5) is 22.5. The van der Waals surface area contributed by atoms with E-state index >= 15 is 0 Å². The fraction of sp³-hybridized carbons (Fsp3) is 0.818. The number of methoxy groups -OCH3 is 1. The Kier molecular flexibility index (Phi) is 2.57. The van der Waals surface area contributed by atoms with Crippen molar-refractivity contribution in [2.75, 3.05) is 7.11 Å². The first-order valence-electron chi connectivity index (χ1n) is 5.28. The number of ether oxygens (including phenoxy) is 1. The quantitative estimate of drug-likeness (QED) is 0.629. The molecule has 0 aliphatic heterocycles. The van der Waals surface area contributed by atoms with Gasteiger partial charge in [0.1, 0.15) is 5.78 Å². The number of carbonyl (C=O) groups is 2. The molecule has 0 radical (unpaired) electrons. The Hall–Kier alpha value is -0.860. The summed E-state index contributed by atoms with van der Waals surface area (Å²) in [6.45, 7) is 0. The van der Waals surface area contributed by atoms with Crippen LogP contribution in [0.25, 0.3) is 0 Å². The first-order valence-corrected chi connectivity index (χ1v) is 5.28. The molecule has 2 aliphatic carbocycles. The van der Waals surface area contributed by atoms with E-state index in [1.54, 1.807) is 0 Å². The molecule has 0 aromatic heterocycles. The Balaban J connectivity index is 1.92.